The molecular weight excluding hydrogens is 431 g/mol. The topological polar surface area (TPSA) is 43.0 Å². The zero-order valence-corrected chi connectivity index (χ0v) is 18.1. The molecule has 0 bridgehead atoms. The number of benzene rings is 1. The summed E-state index contributed by atoms with van der Waals surface area (Å²) in [6, 6.07) is 4.12. The highest BCUT2D eigenvalue weighted by Crippen LogP contribution is 2.36. The van der Waals surface area contributed by atoms with Crippen molar-refractivity contribution < 1.29 is 14.2 Å². The highest BCUT2D eigenvalue weighted by atomic mass is 79.9. The summed E-state index contributed by atoms with van der Waals surface area (Å²) in [5.41, 5.74) is 1.19. The molecule has 1 aliphatic heterocycles. The summed E-state index contributed by atoms with van der Waals surface area (Å²) in [7, 11) is 1.66. The number of ether oxygens (including phenoxy) is 3. The first-order valence-electron chi connectivity index (χ1n) is 8.24. The molecule has 0 radical (unpaired) electrons. The summed E-state index contributed by atoms with van der Waals surface area (Å²) in [6.45, 7) is 9.42. The molecule has 8 heteroatoms. The van der Waals surface area contributed by atoms with E-state index in [1.807, 2.05) is 13.0 Å². The molecule has 25 heavy (non-hydrogen) atoms. The molecule has 2 rings (SSSR count). The van der Waals surface area contributed by atoms with Gasteiger partial charge in [-0.1, -0.05) is 0 Å². The number of nitrogens with one attached hydrogen (secondary N) is 1. The third kappa shape index (κ3) is 8.33. The second kappa shape index (κ2) is 13.9. The molecule has 0 spiro atoms. The number of rotatable bonds is 9. The Hall–Kier alpha value is -0.240. The first-order valence-corrected chi connectivity index (χ1v) is 9.04. The van der Waals surface area contributed by atoms with E-state index in [1.54, 1.807) is 7.11 Å². The van der Waals surface area contributed by atoms with E-state index in [0.717, 1.165) is 68.3 Å². The van der Waals surface area contributed by atoms with E-state index in [-0.39, 0.29) is 24.8 Å². The minimum Gasteiger partial charge on any atom is -0.492 e. The molecule has 1 aromatic rings. The molecule has 5 nitrogen and oxygen atoms in total. The van der Waals surface area contributed by atoms with E-state index < -0.39 is 0 Å². The van der Waals surface area contributed by atoms with Gasteiger partial charge in [0, 0.05) is 19.6 Å². The molecule has 0 unspecified atom stereocenters. The van der Waals surface area contributed by atoms with Crippen molar-refractivity contribution in [2.24, 2.45) is 0 Å². The van der Waals surface area contributed by atoms with Gasteiger partial charge in [0.2, 0.25) is 0 Å². The van der Waals surface area contributed by atoms with Crippen molar-refractivity contribution >= 4 is 40.7 Å². The van der Waals surface area contributed by atoms with Crippen LogP contribution in [0.25, 0.3) is 0 Å². The summed E-state index contributed by atoms with van der Waals surface area (Å²) in [5, 5.41) is 3.50. The van der Waals surface area contributed by atoms with Gasteiger partial charge in [-0.2, -0.15) is 0 Å². The van der Waals surface area contributed by atoms with Gasteiger partial charge in [-0.15, -0.1) is 24.8 Å². The Morgan fingerprint density at radius 2 is 1.96 bits per heavy atom. The maximum atomic E-state index is 5.65. The zero-order chi connectivity index (χ0) is 16.5. The van der Waals surface area contributed by atoms with Crippen molar-refractivity contribution in [3.05, 3.63) is 22.2 Å². The van der Waals surface area contributed by atoms with Crippen LogP contribution in [0.3, 0.4) is 0 Å². The molecule has 1 aromatic carbocycles. The van der Waals surface area contributed by atoms with Crippen molar-refractivity contribution in [3.8, 4) is 11.5 Å². The molecule has 0 saturated carbocycles. The summed E-state index contributed by atoms with van der Waals surface area (Å²) in [4.78, 5) is 2.46. The van der Waals surface area contributed by atoms with Gasteiger partial charge in [0.25, 0.3) is 0 Å². The Morgan fingerprint density at radius 1 is 1.24 bits per heavy atom. The van der Waals surface area contributed by atoms with Gasteiger partial charge < -0.3 is 19.5 Å². The highest BCUT2D eigenvalue weighted by molar-refractivity contribution is 9.10. The Morgan fingerprint density at radius 3 is 2.60 bits per heavy atom. The van der Waals surface area contributed by atoms with Crippen LogP contribution < -0.4 is 14.8 Å². The number of hydrogen-bond donors (Lipinski definition) is 1. The van der Waals surface area contributed by atoms with E-state index in [0.29, 0.717) is 6.61 Å². The summed E-state index contributed by atoms with van der Waals surface area (Å²) in [5.74, 6) is 1.54. The lowest BCUT2D eigenvalue weighted by Crippen LogP contribution is -2.37. The van der Waals surface area contributed by atoms with Crippen LogP contribution in [0.4, 0.5) is 0 Å². The molecule has 1 fully saturated rings. The molecule has 0 aliphatic carbocycles. The number of methoxy groups -OCH3 is 1. The van der Waals surface area contributed by atoms with Crippen LogP contribution in [0, 0.1) is 0 Å². The zero-order valence-electron chi connectivity index (χ0n) is 14.9. The monoisotopic (exact) mass is 458 g/mol. The van der Waals surface area contributed by atoms with Crippen LogP contribution >= 0.6 is 40.7 Å². The lowest BCUT2D eigenvalue weighted by molar-refractivity contribution is 0.0374. The third-order valence-corrected chi connectivity index (χ3v) is 4.42. The average Bonchev–Trinajstić information content (AvgIpc) is 2.56. The number of hydrogen-bond acceptors (Lipinski definition) is 5. The van der Waals surface area contributed by atoms with Crippen LogP contribution in [-0.2, 0) is 11.3 Å². The Bertz CT molecular complexity index is 489. The maximum Gasteiger partial charge on any atom is 0.174 e. The molecule has 1 aliphatic rings. The molecule has 0 atom stereocenters. The molecule has 0 aromatic heterocycles. The van der Waals surface area contributed by atoms with E-state index >= 15 is 0 Å². The van der Waals surface area contributed by atoms with E-state index in [1.165, 1.54) is 5.56 Å². The SMILES string of the molecule is CCOc1cc(CNCCCN2CCOCC2)cc(Br)c1OC.Cl.Cl. The fraction of sp³-hybridized carbons (Fsp3) is 0.647. The largest absolute Gasteiger partial charge is 0.492 e. The quantitative estimate of drug-likeness (QED) is 0.572. The first-order chi connectivity index (χ1) is 11.2. The Kier molecular flexibility index (Phi) is 13.8. The van der Waals surface area contributed by atoms with Gasteiger partial charge in [-0.25, -0.2) is 0 Å². The highest BCUT2D eigenvalue weighted by Gasteiger charge is 2.11. The predicted molar refractivity (Wildman–Crippen MR) is 110 cm³/mol. The summed E-state index contributed by atoms with van der Waals surface area (Å²) >= 11 is 3.55. The second-order valence-electron chi connectivity index (χ2n) is 5.53. The number of halogens is 3. The van der Waals surface area contributed by atoms with Crippen LogP contribution in [0.15, 0.2) is 16.6 Å². The maximum absolute atomic E-state index is 5.65. The standard InChI is InChI=1S/C17H27BrN2O3.2ClH/c1-3-23-16-12-14(11-15(18)17(16)21-2)13-19-5-4-6-20-7-9-22-10-8-20;;/h11-12,19H,3-10,13H2,1-2H3;2*1H. The van der Waals surface area contributed by atoms with E-state index in [2.05, 4.69) is 32.2 Å². The fourth-order valence-corrected chi connectivity index (χ4v) is 3.32. The van der Waals surface area contributed by atoms with Gasteiger partial charge in [0.15, 0.2) is 11.5 Å². The van der Waals surface area contributed by atoms with Crippen molar-refractivity contribution in [3.63, 3.8) is 0 Å². The number of morpholine rings is 1. The minimum atomic E-state index is 0. The Labute approximate surface area is 171 Å². The second-order valence-corrected chi connectivity index (χ2v) is 6.38. The van der Waals surface area contributed by atoms with Crippen LogP contribution in [0.5, 0.6) is 11.5 Å². The van der Waals surface area contributed by atoms with Gasteiger partial charge in [-0.05, 0) is 60.1 Å². The van der Waals surface area contributed by atoms with Crippen LogP contribution in [0.1, 0.15) is 18.9 Å². The van der Waals surface area contributed by atoms with Crippen molar-refractivity contribution in [2.75, 3.05) is 53.1 Å². The lowest BCUT2D eigenvalue weighted by atomic mass is 10.2. The number of nitrogens with zero attached hydrogens (tertiary/aromatic N) is 1. The molecule has 146 valence electrons. The van der Waals surface area contributed by atoms with Crippen molar-refractivity contribution in [1.82, 2.24) is 10.2 Å². The van der Waals surface area contributed by atoms with E-state index in [4.69, 9.17) is 14.2 Å². The van der Waals surface area contributed by atoms with Crippen molar-refractivity contribution in [2.45, 2.75) is 19.9 Å². The van der Waals surface area contributed by atoms with Crippen LogP contribution in [-0.4, -0.2) is 58.0 Å². The van der Waals surface area contributed by atoms with Gasteiger partial charge in [0.1, 0.15) is 0 Å². The molecular formula is C17H29BrCl2N2O3. The predicted octanol–water partition coefficient (Wildman–Crippen LogP) is 3.51. The first kappa shape index (κ1) is 24.8. The van der Waals surface area contributed by atoms with Gasteiger partial charge >= 0.3 is 0 Å². The van der Waals surface area contributed by atoms with E-state index in [9.17, 15) is 0 Å². The van der Waals surface area contributed by atoms with Crippen molar-refractivity contribution in [1.29, 1.82) is 0 Å². The molecule has 1 saturated heterocycles. The minimum absolute atomic E-state index is 0. The average molecular weight is 460 g/mol. The van der Waals surface area contributed by atoms with Gasteiger partial charge in [0.05, 0.1) is 31.4 Å². The molecule has 0 amide bonds. The van der Waals surface area contributed by atoms with Gasteiger partial charge in [-0.3, -0.25) is 4.90 Å². The lowest BCUT2D eigenvalue weighted by Gasteiger charge is -2.26. The molecule has 1 heterocycles. The normalized spacial score (nSPS) is 14.4. The summed E-state index contributed by atoms with van der Waals surface area (Å²) in [6.07, 6.45) is 1.15. The molecule has 1 N–H and O–H groups in total. The third-order valence-electron chi connectivity index (χ3n) is 3.83. The summed E-state index contributed by atoms with van der Waals surface area (Å²) < 4.78 is 17.3. The van der Waals surface area contributed by atoms with Crippen LogP contribution in [0.2, 0.25) is 0 Å². The Balaban J connectivity index is 0.00000288. The fourth-order valence-electron chi connectivity index (χ4n) is 2.67. The smallest absolute Gasteiger partial charge is 0.174 e.